The lowest BCUT2D eigenvalue weighted by Gasteiger charge is -2.20. The van der Waals surface area contributed by atoms with Gasteiger partial charge in [-0.15, -0.1) is 0 Å². The molecule has 1 heteroatoms. The highest BCUT2D eigenvalue weighted by molar-refractivity contribution is 6.22. The fraction of sp³-hybridized carbons (Fsp3) is 0. The topological polar surface area (TPSA) is 13.1 Å². The minimum absolute atomic E-state index is 0.914. The Morgan fingerprint density at radius 1 is 0.264 bits per heavy atom. The van der Waals surface area contributed by atoms with Crippen molar-refractivity contribution in [3.63, 3.8) is 0 Å². The summed E-state index contributed by atoms with van der Waals surface area (Å²) >= 11 is 0. The summed E-state index contributed by atoms with van der Waals surface area (Å²) in [7, 11) is 0. The molecule has 0 bridgehead atoms. The zero-order chi connectivity index (χ0) is 34.9. The third kappa shape index (κ3) is 4.71. The summed E-state index contributed by atoms with van der Waals surface area (Å²) < 4.78 is 6.41. The van der Waals surface area contributed by atoms with Crippen LogP contribution in [0.4, 0.5) is 0 Å². The van der Waals surface area contributed by atoms with Crippen molar-refractivity contribution in [3.05, 3.63) is 194 Å². The molecule has 11 rings (SSSR count). The molecule has 1 heterocycles. The van der Waals surface area contributed by atoms with Crippen molar-refractivity contribution in [1.29, 1.82) is 0 Å². The van der Waals surface area contributed by atoms with Gasteiger partial charge in [0.1, 0.15) is 11.2 Å². The van der Waals surface area contributed by atoms with E-state index in [0.717, 1.165) is 27.3 Å². The van der Waals surface area contributed by atoms with E-state index in [1.165, 1.54) is 82.2 Å². The van der Waals surface area contributed by atoms with Gasteiger partial charge in [-0.05, 0) is 106 Å². The van der Waals surface area contributed by atoms with Crippen LogP contribution < -0.4 is 0 Å². The molecule has 0 aliphatic heterocycles. The van der Waals surface area contributed by atoms with Gasteiger partial charge in [0.2, 0.25) is 0 Å². The van der Waals surface area contributed by atoms with Gasteiger partial charge in [-0.25, -0.2) is 0 Å². The van der Waals surface area contributed by atoms with Gasteiger partial charge in [0.05, 0.1) is 0 Å². The van der Waals surface area contributed by atoms with Crippen LogP contribution >= 0.6 is 0 Å². The van der Waals surface area contributed by atoms with Gasteiger partial charge in [-0.2, -0.15) is 0 Å². The first-order valence-electron chi connectivity index (χ1n) is 18.3. The number of rotatable bonds is 4. The molecule has 1 aromatic heterocycles. The van der Waals surface area contributed by atoms with Crippen molar-refractivity contribution in [2.24, 2.45) is 0 Å². The van der Waals surface area contributed by atoms with Crippen LogP contribution in [0.25, 0.3) is 110 Å². The van der Waals surface area contributed by atoms with Crippen molar-refractivity contribution < 1.29 is 4.42 Å². The third-order valence-electron chi connectivity index (χ3n) is 11.1. The molecule has 0 radical (unpaired) electrons. The summed E-state index contributed by atoms with van der Waals surface area (Å²) in [5.41, 5.74) is 11.7. The molecule has 0 saturated carbocycles. The van der Waals surface area contributed by atoms with E-state index in [1.807, 2.05) is 0 Å². The molecular weight excluding hydrogens is 641 g/mol. The second kappa shape index (κ2) is 11.8. The first-order chi connectivity index (χ1) is 26.3. The summed E-state index contributed by atoms with van der Waals surface area (Å²) in [5, 5.41) is 12.1. The van der Waals surface area contributed by atoms with Crippen LogP contribution in [0.3, 0.4) is 0 Å². The lowest BCUT2D eigenvalue weighted by Crippen LogP contribution is -1.92. The molecule has 0 amide bonds. The van der Waals surface area contributed by atoms with Crippen LogP contribution in [0, 0.1) is 0 Å². The Hall–Kier alpha value is -6.96. The van der Waals surface area contributed by atoms with Crippen molar-refractivity contribution in [2.75, 3.05) is 0 Å². The predicted octanol–water partition coefficient (Wildman–Crippen LogP) is 14.9. The van der Waals surface area contributed by atoms with Crippen LogP contribution in [-0.2, 0) is 0 Å². The monoisotopic (exact) mass is 672 g/mol. The lowest BCUT2D eigenvalue weighted by molar-refractivity contribution is 0.672. The maximum atomic E-state index is 6.41. The Morgan fingerprint density at radius 3 is 1.53 bits per heavy atom. The Balaban J connectivity index is 1.06. The zero-order valence-corrected chi connectivity index (χ0v) is 28.9. The third-order valence-corrected chi connectivity index (χ3v) is 11.1. The molecule has 0 unspecified atom stereocenters. The molecule has 0 aliphatic rings. The van der Waals surface area contributed by atoms with Crippen molar-refractivity contribution in [3.8, 4) is 44.5 Å². The van der Waals surface area contributed by atoms with Crippen molar-refractivity contribution in [1.82, 2.24) is 0 Å². The summed E-state index contributed by atoms with van der Waals surface area (Å²) in [4.78, 5) is 0. The summed E-state index contributed by atoms with van der Waals surface area (Å²) in [6.45, 7) is 0. The van der Waals surface area contributed by atoms with E-state index in [-0.39, 0.29) is 0 Å². The Kier molecular flexibility index (Phi) is 6.62. The van der Waals surface area contributed by atoms with Crippen LogP contribution in [0.2, 0.25) is 0 Å². The maximum absolute atomic E-state index is 6.41. The largest absolute Gasteiger partial charge is 0.455 e. The Morgan fingerprint density at radius 2 is 0.792 bits per heavy atom. The van der Waals surface area contributed by atoms with Crippen molar-refractivity contribution >= 4 is 65.0 Å². The minimum Gasteiger partial charge on any atom is -0.455 e. The molecular formula is C52H32O. The number of furan rings is 1. The molecule has 0 aliphatic carbocycles. The molecule has 246 valence electrons. The fourth-order valence-electron chi connectivity index (χ4n) is 8.55. The molecule has 53 heavy (non-hydrogen) atoms. The first-order valence-corrected chi connectivity index (χ1v) is 18.3. The van der Waals surface area contributed by atoms with Gasteiger partial charge in [-0.1, -0.05) is 170 Å². The first kappa shape index (κ1) is 29.7. The van der Waals surface area contributed by atoms with Crippen LogP contribution in [0.15, 0.2) is 199 Å². The van der Waals surface area contributed by atoms with E-state index in [0.29, 0.717) is 0 Å². The highest BCUT2D eigenvalue weighted by Gasteiger charge is 2.19. The standard InChI is InChI=1S/C52H32O/c1-2-13-37-31-39(26-23-33(37)11-1)40-14-5-6-16-42(40)51-45-19-9-7-17-43(45)50(44-18-8-10-20-46(44)51)36-24-21-34(22-25-36)38-28-30-49-48(32-38)47-29-27-35-12-3-4-15-41(35)52(47)53-49/h1-32H. The maximum Gasteiger partial charge on any atom is 0.143 e. The highest BCUT2D eigenvalue weighted by Crippen LogP contribution is 2.46. The predicted molar refractivity (Wildman–Crippen MR) is 225 cm³/mol. The number of benzene rings is 10. The molecule has 0 atom stereocenters. The van der Waals surface area contributed by atoms with E-state index in [1.54, 1.807) is 0 Å². The number of hydrogen-bond acceptors (Lipinski definition) is 1. The molecule has 10 aromatic carbocycles. The van der Waals surface area contributed by atoms with E-state index < -0.39 is 0 Å². The van der Waals surface area contributed by atoms with Crippen LogP contribution in [0.1, 0.15) is 0 Å². The molecule has 11 aromatic rings. The molecule has 0 spiro atoms. The Bertz CT molecular complexity index is 3160. The summed E-state index contributed by atoms with van der Waals surface area (Å²) in [5.74, 6) is 0. The van der Waals surface area contributed by atoms with Gasteiger partial charge in [0.25, 0.3) is 0 Å². The SMILES string of the molecule is c1ccc(-c2c3ccccc3c(-c3ccc(-c4ccc5oc6c7ccccc7ccc6c5c4)cc3)c3ccccc23)c(-c2ccc3ccccc3c2)c1. The van der Waals surface area contributed by atoms with Crippen LogP contribution in [-0.4, -0.2) is 0 Å². The fourth-order valence-corrected chi connectivity index (χ4v) is 8.55. The second-order valence-electron chi connectivity index (χ2n) is 14.0. The molecule has 0 fully saturated rings. The second-order valence-corrected chi connectivity index (χ2v) is 14.0. The smallest absolute Gasteiger partial charge is 0.143 e. The molecule has 0 N–H and O–H groups in total. The van der Waals surface area contributed by atoms with E-state index >= 15 is 0 Å². The van der Waals surface area contributed by atoms with Gasteiger partial charge in [-0.3, -0.25) is 0 Å². The van der Waals surface area contributed by atoms with E-state index in [2.05, 4.69) is 194 Å². The quantitative estimate of drug-likeness (QED) is 0.170. The lowest BCUT2D eigenvalue weighted by atomic mass is 9.83. The van der Waals surface area contributed by atoms with E-state index in [9.17, 15) is 0 Å². The molecule has 1 nitrogen and oxygen atoms in total. The number of fused-ring (bicyclic) bond motifs is 8. The average molecular weight is 673 g/mol. The van der Waals surface area contributed by atoms with Gasteiger partial charge in [0, 0.05) is 16.2 Å². The summed E-state index contributed by atoms with van der Waals surface area (Å²) in [6, 6.07) is 70.6. The van der Waals surface area contributed by atoms with Crippen LogP contribution in [0.5, 0.6) is 0 Å². The summed E-state index contributed by atoms with van der Waals surface area (Å²) in [6.07, 6.45) is 0. The van der Waals surface area contributed by atoms with Gasteiger partial charge >= 0.3 is 0 Å². The average Bonchev–Trinajstić information content (AvgIpc) is 3.61. The number of hydrogen-bond donors (Lipinski definition) is 0. The normalized spacial score (nSPS) is 11.8. The zero-order valence-electron chi connectivity index (χ0n) is 28.9. The highest BCUT2D eigenvalue weighted by atomic mass is 16.3. The van der Waals surface area contributed by atoms with Gasteiger partial charge < -0.3 is 4.42 Å². The molecule has 0 saturated heterocycles. The minimum atomic E-state index is 0.914. The van der Waals surface area contributed by atoms with Gasteiger partial charge in [0.15, 0.2) is 0 Å². The Labute approximate surface area is 307 Å². The van der Waals surface area contributed by atoms with Crippen molar-refractivity contribution in [2.45, 2.75) is 0 Å². The van der Waals surface area contributed by atoms with E-state index in [4.69, 9.17) is 4.42 Å².